The first-order valence-electron chi connectivity index (χ1n) is 36.3. The molecule has 0 amide bonds. The van der Waals surface area contributed by atoms with E-state index in [1.807, 2.05) is 55.1 Å². The summed E-state index contributed by atoms with van der Waals surface area (Å²) < 4.78 is 46.6. The van der Waals surface area contributed by atoms with Crippen LogP contribution in [0, 0.1) is 10.1 Å². The Hall–Kier alpha value is -9.08. The maximum atomic E-state index is 11.9. The van der Waals surface area contributed by atoms with E-state index in [1.54, 1.807) is 14.2 Å². The Balaban J connectivity index is 1.31. The number of nitro benzene ring substituents is 1. The number of phenolic OH excluding ortho intramolecular Hbond substituents is 1. The number of imidazole rings is 2. The lowest BCUT2D eigenvalue weighted by Gasteiger charge is -2.29. The zero-order valence-electron chi connectivity index (χ0n) is 65.7. The van der Waals surface area contributed by atoms with E-state index in [1.165, 1.54) is 34.9 Å². The van der Waals surface area contributed by atoms with Gasteiger partial charge in [0.05, 0.1) is 26.3 Å². The summed E-state index contributed by atoms with van der Waals surface area (Å²) in [6.45, 7) is 42.2. The summed E-state index contributed by atoms with van der Waals surface area (Å²) in [5, 5.41) is 26.2. The minimum Gasteiger partial charge on any atom is -0.508 e. The molecule has 0 aliphatic heterocycles. The molecule has 1 aliphatic carbocycles. The molecule has 0 saturated carbocycles. The molecule has 0 atom stereocenters. The van der Waals surface area contributed by atoms with E-state index in [9.17, 15) is 15.2 Å². The number of phenols is 1. The second-order valence-corrected chi connectivity index (χ2v) is 34.5. The van der Waals surface area contributed by atoms with E-state index in [4.69, 9.17) is 38.4 Å². The number of nitro groups is 1. The van der Waals surface area contributed by atoms with Crippen LogP contribution in [-0.4, -0.2) is 63.6 Å². The first-order chi connectivity index (χ1) is 48.2. The predicted octanol–water partition coefficient (Wildman–Crippen LogP) is 18.8. The summed E-state index contributed by atoms with van der Waals surface area (Å²) >= 11 is 0. The molecule has 548 valence electrons. The smallest absolute Gasteiger partial charge is 0.270 e. The number of fused-ring (bicyclic) bond motifs is 12. The largest absolute Gasteiger partial charge is 0.508 e. The topological polar surface area (TPSA) is 166 Å². The number of hydrogen-bond donors (Lipinski definition) is 2. The molecule has 0 radical (unpaired) electrons. The highest BCUT2D eigenvalue weighted by Gasteiger charge is 2.32. The van der Waals surface area contributed by atoms with Crippen LogP contribution in [0.5, 0.6) is 40.2 Å². The van der Waals surface area contributed by atoms with Crippen LogP contribution in [0.25, 0.3) is 0 Å². The summed E-state index contributed by atoms with van der Waals surface area (Å²) in [5.74, 6) is 6.25. The fourth-order valence-corrected chi connectivity index (χ4v) is 13.9. The summed E-state index contributed by atoms with van der Waals surface area (Å²) in [7, 11) is 9.40. The Morgan fingerprint density at radius 2 is 0.680 bits per heavy atom. The van der Waals surface area contributed by atoms with Crippen molar-refractivity contribution in [2.45, 2.75) is 215 Å². The number of benzene rings is 7. The third-order valence-corrected chi connectivity index (χ3v) is 20.2. The summed E-state index contributed by atoms with van der Waals surface area (Å²) in [4.78, 5) is 21.0. The quantitative estimate of drug-likeness (QED) is 0.0535. The number of nitrogens with one attached hydrogen (secondary N) is 1. The van der Waals surface area contributed by atoms with Gasteiger partial charge in [-0.05, 0) is 139 Å². The third-order valence-electron chi connectivity index (χ3n) is 20.2. The highest BCUT2D eigenvalue weighted by molar-refractivity contribution is 5.62. The predicted molar refractivity (Wildman–Crippen MR) is 414 cm³/mol. The van der Waals surface area contributed by atoms with Gasteiger partial charge in [-0.25, -0.2) is 9.97 Å². The van der Waals surface area contributed by atoms with Crippen molar-refractivity contribution in [1.82, 2.24) is 24.4 Å². The Morgan fingerprint density at radius 1 is 0.417 bits per heavy atom. The molecule has 0 unspecified atom stereocenters. The van der Waals surface area contributed by atoms with Crippen LogP contribution in [0.1, 0.15) is 242 Å². The molecule has 1 aliphatic rings. The number of methoxy groups -OCH3 is 3. The van der Waals surface area contributed by atoms with Crippen LogP contribution < -0.4 is 33.7 Å². The van der Waals surface area contributed by atoms with Crippen LogP contribution in [0.3, 0.4) is 0 Å². The maximum absolute atomic E-state index is 11.9. The highest BCUT2D eigenvalue weighted by Crippen LogP contribution is 2.47. The number of non-ortho nitro benzene ring substituents is 1. The van der Waals surface area contributed by atoms with Gasteiger partial charge >= 0.3 is 0 Å². The van der Waals surface area contributed by atoms with Crippen molar-refractivity contribution in [1.29, 1.82) is 0 Å². The number of nitrogens with zero attached hydrogens (tertiary/aromatic N) is 5. The second-order valence-electron chi connectivity index (χ2n) is 34.5. The van der Waals surface area contributed by atoms with Gasteiger partial charge < -0.3 is 48.0 Å². The molecule has 103 heavy (non-hydrogen) atoms. The third kappa shape index (κ3) is 17.8. The molecule has 0 saturated heterocycles. The van der Waals surface area contributed by atoms with Gasteiger partial charge in [-0.15, -0.1) is 0 Å². The normalized spacial score (nSPS) is 13.3. The van der Waals surface area contributed by atoms with Crippen molar-refractivity contribution >= 4 is 5.69 Å². The summed E-state index contributed by atoms with van der Waals surface area (Å²) in [6, 6.07) is 32.1. The maximum Gasteiger partial charge on any atom is 0.270 e. The molecule has 2 aromatic heterocycles. The first kappa shape index (κ1) is 76.6. The zero-order chi connectivity index (χ0) is 75.1. The molecule has 2 N–H and O–H groups in total. The monoisotopic (exact) mass is 1400 g/mol. The van der Waals surface area contributed by atoms with Gasteiger partial charge in [0.1, 0.15) is 71.7 Å². The van der Waals surface area contributed by atoms with Crippen LogP contribution in [0.4, 0.5) is 5.69 Å². The Morgan fingerprint density at radius 3 is 0.913 bits per heavy atom. The first-order valence-corrected chi connectivity index (χ1v) is 36.3. The summed E-state index contributed by atoms with van der Waals surface area (Å²) in [6.07, 6.45) is 10.4. The van der Waals surface area contributed by atoms with Gasteiger partial charge in [0.2, 0.25) is 0 Å². The van der Waals surface area contributed by atoms with Crippen molar-refractivity contribution in [2.75, 3.05) is 34.5 Å². The van der Waals surface area contributed by atoms with E-state index in [-0.39, 0.29) is 70.3 Å². The Labute approximate surface area is 612 Å². The number of ether oxygens (including phenoxy) is 6. The standard InChI is InChI=1S/C88H112N6O9/c1-83(2,3)67-38-54-32-60-44-70(86(10,11)12)45-61(80(60)101-31-28-89-51-66-50-73(94(96)97)24-25-74(66)95)33-55-39-68(84(4,5)6)41-57(78(55)99-22)35-63-47-72(88(16,17)18)49-65(82(63)103-53-76-91-27-30-93(76)20)37-59-43-69(85(7,8)9)42-58(79(59)100-23)36-64-48-71(87(13,14)15)46-62(34-56(40-67)77(54)98-21)81(64)102-52-75-90-26-29-92(75)19/h24-27,29-30,38-50,89,95H,28,31-37,51-53H2,1-23H3. The van der Waals surface area contributed by atoms with Crippen LogP contribution in [0.2, 0.25) is 0 Å². The number of aromatic hydroxyl groups is 1. The van der Waals surface area contributed by atoms with E-state index < -0.39 is 4.92 Å². The molecule has 0 fully saturated rings. The van der Waals surface area contributed by atoms with Crippen molar-refractivity contribution in [3.05, 3.63) is 243 Å². The number of rotatable bonds is 16. The van der Waals surface area contributed by atoms with Crippen LogP contribution >= 0.6 is 0 Å². The van der Waals surface area contributed by atoms with E-state index in [0.29, 0.717) is 50.6 Å². The van der Waals surface area contributed by atoms with E-state index in [2.05, 4.69) is 203 Å². The number of aryl methyl sites for hydroxylation is 2. The van der Waals surface area contributed by atoms with E-state index >= 15 is 0 Å². The van der Waals surface area contributed by atoms with Crippen molar-refractivity contribution in [2.24, 2.45) is 14.1 Å². The molecule has 9 aromatic rings. The van der Waals surface area contributed by atoms with Crippen molar-refractivity contribution in [3.63, 3.8) is 0 Å². The summed E-state index contributed by atoms with van der Waals surface area (Å²) in [5.41, 5.74) is 17.8. The minimum absolute atomic E-state index is 0.0245. The van der Waals surface area contributed by atoms with E-state index in [0.717, 1.165) is 130 Å². The molecule has 10 rings (SSSR count). The van der Waals surface area contributed by atoms with Gasteiger partial charge in [-0.1, -0.05) is 197 Å². The minimum atomic E-state index is -0.450. The fourth-order valence-electron chi connectivity index (χ4n) is 13.9. The van der Waals surface area contributed by atoms with Crippen molar-refractivity contribution in [3.8, 4) is 40.2 Å². The lowest BCUT2D eigenvalue weighted by molar-refractivity contribution is -0.384. The molecule has 0 spiro atoms. The number of hydrogen-bond acceptors (Lipinski definition) is 12. The second kappa shape index (κ2) is 29.9. The van der Waals surface area contributed by atoms with Gasteiger partial charge in [0.25, 0.3) is 5.69 Å². The zero-order valence-corrected chi connectivity index (χ0v) is 65.7. The number of aromatic nitrogens is 4. The molecule has 7 aromatic carbocycles. The average molecular weight is 1400 g/mol. The lowest BCUT2D eigenvalue weighted by Crippen LogP contribution is -2.22. The molecule has 15 nitrogen and oxygen atoms in total. The lowest BCUT2D eigenvalue weighted by atomic mass is 9.79. The molecule has 12 bridgehead atoms. The molecular weight excluding hydrogens is 1290 g/mol. The van der Waals surface area contributed by atoms with Gasteiger partial charge in [-0.2, -0.15) is 0 Å². The highest BCUT2D eigenvalue weighted by atomic mass is 16.6. The molecular formula is C88H112N6O9. The molecule has 15 heteroatoms. The van der Waals surface area contributed by atoms with Crippen LogP contribution in [0.15, 0.2) is 116 Å². The van der Waals surface area contributed by atoms with Crippen LogP contribution in [-0.2, 0) is 105 Å². The van der Waals surface area contributed by atoms with Gasteiger partial charge in [-0.3, -0.25) is 10.1 Å². The fraction of sp³-hybridized carbons (Fsp3) is 0.455. The van der Waals surface area contributed by atoms with Gasteiger partial charge in [0.15, 0.2) is 0 Å². The van der Waals surface area contributed by atoms with Gasteiger partial charge in [0, 0.05) is 108 Å². The van der Waals surface area contributed by atoms with Crippen molar-refractivity contribution < 1.29 is 38.5 Å². The SMILES string of the molecule is COc1c2cc(C(C)(C)C)cc1Cc1cc(C(C)(C)C)cc(c1OCc1nccn1C)Cc1cc(C(C)(C)C)cc(c1OC)Cc1cc(C(C)(C)C)cc(c1OCc1nccn1C)Cc1cc(C(C)(C)C)cc(c1OC)Cc1cc(C(C)(C)C)cc(c1OCCNCc1cc([N+](=O)[O-])ccc1O)C2. The Kier molecular flexibility index (Phi) is 22.3. The molecule has 2 heterocycles. The Bertz CT molecular complexity index is 4350. The average Bonchev–Trinajstić information content (AvgIpc) is 0.934.